The van der Waals surface area contributed by atoms with Crippen LogP contribution in [0.3, 0.4) is 0 Å². The average Bonchev–Trinajstić information content (AvgIpc) is 2.82. The Hall–Kier alpha value is -3.07. The van der Waals surface area contributed by atoms with Crippen molar-refractivity contribution in [3.05, 3.63) is 59.7 Å². The first kappa shape index (κ1) is 29.2. The Morgan fingerprint density at radius 2 is 1.72 bits per heavy atom. The molecule has 2 aromatic carbocycles. The predicted octanol–water partition coefficient (Wildman–Crippen LogP) is 3.70. The molecule has 1 N–H and O–H groups in total. The van der Waals surface area contributed by atoms with Gasteiger partial charge in [-0.2, -0.15) is 0 Å². The van der Waals surface area contributed by atoms with Crippen LogP contribution in [-0.4, -0.2) is 57.6 Å². The quantitative estimate of drug-likeness (QED) is 0.490. The van der Waals surface area contributed by atoms with Crippen LogP contribution in [0.1, 0.15) is 52.2 Å². The van der Waals surface area contributed by atoms with Crippen molar-refractivity contribution in [1.82, 2.24) is 10.2 Å². The van der Waals surface area contributed by atoms with Gasteiger partial charge in [0.2, 0.25) is 21.8 Å². The molecular formula is C27H39N3O5S. The minimum absolute atomic E-state index is 0.0981. The standard InChI is InChI=1S/C27H39N3O5S/c1-8-16-28-26(32)20(2)29(18-21-10-9-11-24(17-21)35-6)25(31)19-30(36(7,33)34)23-14-12-22(13-15-23)27(3,4)5/h9-15,17,20H,8,16,18-19H2,1-7H3,(H,28,32)/t20-/m1/s1. The SMILES string of the molecule is CCCNC(=O)[C@@H](C)N(Cc1cccc(OC)c1)C(=O)CN(c1ccc(C(C)(C)C)cc1)S(C)(=O)=O. The van der Waals surface area contributed by atoms with Gasteiger partial charge in [0, 0.05) is 13.1 Å². The minimum Gasteiger partial charge on any atom is -0.497 e. The van der Waals surface area contributed by atoms with Gasteiger partial charge in [-0.05, 0) is 54.2 Å². The number of carbonyl (C=O) groups excluding carboxylic acids is 2. The van der Waals surface area contributed by atoms with Gasteiger partial charge < -0.3 is 15.0 Å². The van der Waals surface area contributed by atoms with E-state index >= 15 is 0 Å². The zero-order valence-corrected chi connectivity index (χ0v) is 23.2. The number of benzene rings is 2. The van der Waals surface area contributed by atoms with Crippen molar-refractivity contribution in [2.45, 2.75) is 59.0 Å². The molecule has 0 aliphatic heterocycles. The Morgan fingerprint density at radius 3 is 2.25 bits per heavy atom. The molecule has 0 aromatic heterocycles. The summed E-state index contributed by atoms with van der Waals surface area (Å²) in [5.74, 6) is -0.157. The van der Waals surface area contributed by atoms with Crippen molar-refractivity contribution >= 4 is 27.5 Å². The number of ether oxygens (including phenoxy) is 1. The van der Waals surface area contributed by atoms with Gasteiger partial charge in [-0.3, -0.25) is 13.9 Å². The molecule has 2 amide bonds. The number of anilines is 1. The molecule has 0 fully saturated rings. The summed E-state index contributed by atoms with van der Waals surface area (Å²) in [5, 5.41) is 2.82. The molecule has 0 saturated carbocycles. The van der Waals surface area contributed by atoms with Gasteiger partial charge in [0.05, 0.1) is 19.1 Å². The van der Waals surface area contributed by atoms with Crippen LogP contribution >= 0.6 is 0 Å². The highest BCUT2D eigenvalue weighted by Crippen LogP contribution is 2.26. The van der Waals surface area contributed by atoms with Crippen LogP contribution in [0, 0.1) is 0 Å². The highest BCUT2D eigenvalue weighted by Gasteiger charge is 2.30. The molecule has 0 aliphatic rings. The fourth-order valence-corrected chi connectivity index (χ4v) is 4.54. The fourth-order valence-electron chi connectivity index (χ4n) is 3.69. The molecule has 8 nitrogen and oxygen atoms in total. The van der Waals surface area contributed by atoms with E-state index in [1.807, 2.05) is 25.1 Å². The number of sulfonamides is 1. The third-order valence-electron chi connectivity index (χ3n) is 5.90. The van der Waals surface area contributed by atoms with E-state index in [9.17, 15) is 18.0 Å². The summed E-state index contributed by atoms with van der Waals surface area (Å²) in [6.45, 7) is 9.98. The number of carbonyl (C=O) groups is 2. The van der Waals surface area contributed by atoms with Gasteiger partial charge in [-0.25, -0.2) is 8.42 Å². The first-order valence-corrected chi connectivity index (χ1v) is 13.9. The molecule has 0 bridgehead atoms. The summed E-state index contributed by atoms with van der Waals surface area (Å²) < 4.78 is 31.8. The molecule has 36 heavy (non-hydrogen) atoms. The molecule has 2 rings (SSSR count). The second-order valence-corrected chi connectivity index (χ2v) is 11.8. The molecule has 2 aromatic rings. The van der Waals surface area contributed by atoms with Crippen molar-refractivity contribution in [3.63, 3.8) is 0 Å². The van der Waals surface area contributed by atoms with Gasteiger partial charge in [-0.15, -0.1) is 0 Å². The van der Waals surface area contributed by atoms with Crippen LogP contribution in [0.2, 0.25) is 0 Å². The molecule has 1 atom stereocenters. The normalized spacial score (nSPS) is 12.5. The van der Waals surface area contributed by atoms with Gasteiger partial charge in [0.25, 0.3) is 0 Å². The number of amides is 2. The number of methoxy groups -OCH3 is 1. The Morgan fingerprint density at radius 1 is 1.08 bits per heavy atom. The van der Waals surface area contributed by atoms with E-state index in [1.54, 1.807) is 44.4 Å². The van der Waals surface area contributed by atoms with Crippen molar-refractivity contribution in [3.8, 4) is 5.75 Å². The Kier molecular flexibility index (Phi) is 9.93. The summed E-state index contributed by atoms with van der Waals surface area (Å²) in [5.41, 5.74) is 2.10. The number of nitrogens with one attached hydrogen (secondary N) is 1. The lowest BCUT2D eigenvalue weighted by Gasteiger charge is -2.31. The number of hydrogen-bond acceptors (Lipinski definition) is 5. The molecular weight excluding hydrogens is 478 g/mol. The minimum atomic E-state index is -3.77. The monoisotopic (exact) mass is 517 g/mol. The van der Waals surface area contributed by atoms with Crippen LogP contribution in [0.5, 0.6) is 5.75 Å². The first-order valence-electron chi connectivity index (χ1n) is 12.1. The summed E-state index contributed by atoms with van der Waals surface area (Å²) in [4.78, 5) is 27.8. The van der Waals surface area contributed by atoms with E-state index in [4.69, 9.17) is 4.74 Å². The zero-order chi connectivity index (χ0) is 27.1. The van der Waals surface area contributed by atoms with E-state index < -0.39 is 28.5 Å². The largest absolute Gasteiger partial charge is 0.497 e. The van der Waals surface area contributed by atoms with Crippen LogP contribution in [-0.2, 0) is 31.6 Å². The van der Waals surface area contributed by atoms with Crippen LogP contribution in [0.15, 0.2) is 48.5 Å². The Balaban J connectivity index is 2.40. The highest BCUT2D eigenvalue weighted by molar-refractivity contribution is 7.92. The first-order chi connectivity index (χ1) is 16.8. The Labute approximate surface area is 215 Å². The van der Waals surface area contributed by atoms with Crippen molar-refractivity contribution in [1.29, 1.82) is 0 Å². The summed E-state index contributed by atoms with van der Waals surface area (Å²) in [6.07, 6.45) is 1.83. The van der Waals surface area contributed by atoms with Crippen LogP contribution < -0.4 is 14.4 Å². The molecule has 9 heteroatoms. The van der Waals surface area contributed by atoms with E-state index in [2.05, 4.69) is 26.1 Å². The number of rotatable bonds is 11. The fraction of sp³-hybridized carbons (Fsp3) is 0.481. The summed E-state index contributed by atoms with van der Waals surface area (Å²) >= 11 is 0. The molecule has 0 saturated heterocycles. The smallest absolute Gasteiger partial charge is 0.244 e. The van der Waals surface area contributed by atoms with Crippen LogP contribution in [0.4, 0.5) is 5.69 Å². The van der Waals surface area contributed by atoms with E-state index in [0.717, 1.165) is 28.1 Å². The van der Waals surface area contributed by atoms with E-state index in [0.29, 0.717) is 18.0 Å². The second kappa shape index (κ2) is 12.3. The molecule has 0 aliphatic carbocycles. The summed E-state index contributed by atoms with van der Waals surface area (Å²) in [7, 11) is -2.22. The third-order valence-corrected chi connectivity index (χ3v) is 7.04. The molecule has 0 radical (unpaired) electrons. The van der Waals surface area contributed by atoms with Crippen molar-refractivity contribution in [2.24, 2.45) is 0 Å². The number of hydrogen-bond donors (Lipinski definition) is 1. The van der Waals surface area contributed by atoms with Gasteiger partial charge >= 0.3 is 0 Å². The molecule has 198 valence electrons. The highest BCUT2D eigenvalue weighted by atomic mass is 32.2. The zero-order valence-electron chi connectivity index (χ0n) is 22.4. The van der Waals surface area contributed by atoms with Gasteiger partial charge in [-0.1, -0.05) is 52.0 Å². The maximum absolute atomic E-state index is 13.6. The number of nitrogens with zero attached hydrogens (tertiary/aromatic N) is 2. The predicted molar refractivity (Wildman–Crippen MR) is 144 cm³/mol. The molecule has 0 heterocycles. The van der Waals surface area contributed by atoms with Gasteiger partial charge in [0.1, 0.15) is 18.3 Å². The van der Waals surface area contributed by atoms with E-state index in [-0.39, 0.29) is 17.9 Å². The lowest BCUT2D eigenvalue weighted by molar-refractivity contribution is -0.139. The maximum Gasteiger partial charge on any atom is 0.244 e. The molecule has 0 unspecified atom stereocenters. The Bertz CT molecular complexity index is 1140. The lowest BCUT2D eigenvalue weighted by Crippen LogP contribution is -2.51. The second-order valence-electron chi connectivity index (χ2n) is 9.91. The van der Waals surface area contributed by atoms with Crippen molar-refractivity contribution < 1.29 is 22.7 Å². The maximum atomic E-state index is 13.6. The van der Waals surface area contributed by atoms with E-state index in [1.165, 1.54) is 4.90 Å². The molecule has 0 spiro atoms. The van der Waals surface area contributed by atoms with Crippen LogP contribution in [0.25, 0.3) is 0 Å². The van der Waals surface area contributed by atoms with Crippen molar-refractivity contribution in [2.75, 3.05) is 30.8 Å². The lowest BCUT2D eigenvalue weighted by atomic mass is 9.87. The summed E-state index contributed by atoms with van der Waals surface area (Å²) in [6, 6.07) is 13.6. The van der Waals surface area contributed by atoms with Gasteiger partial charge in [0.15, 0.2) is 0 Å². The third kappa shape index (κ3) is 7.98. The average molecular weight is 518 g/mol. The topological polar surface area (TPSA) is 96.0 Å².